The number of imide groups is 1. The Balaban J connectivity index is 1.41. The normalized spacial score (nSPS) is 13.5. The number of rotatable bonds is 12. The van der Waals surface area contributed by atoms with Crippen molar-refractivity contribution < 1.29 is 9.59 Å². The molecule has 2 amide bonds. The first-order valence-electron chi connectivity index (χ1n) is 10.2. The van der Waals surface area contributed by atoms with E-state index >= 15 is 0 Å². The van der Waals surface area contributed by atoms with Crippen molar-refractivity contribution >= 4 is 22.6 Å². The molecular weight excluding hydrogens is 352 g/mol. The van der Waals surface area contributed by atoms with E-state index in [-0.39, 0.29) is 11.8 Å². The molecule has 28 heavy (non-hydrogen) atoms. The van der Waals surface area contributed by atoms with Crippen LogP contribution in [0.15, 0.2) is 36.4 Å². The molecule has 0 bridgehead atoms. The second-order valence-electron chi connectivity index (χ2n) is 7.17. The number of carbonyl (C=O) groups is 2. The van der Waals surface area contributed by atoms with Gasteiger partial charge in [-0.1, -0.05) is 24.3 Å². The molecule has 1 heterocycles. The molecule has 150 valence electrons. The van der Waals surface area contributed by atoms with Gasteiger partial charge in [0.25, 0.3) is 11.8 Å². The van der Waals surface area contributed by atoms with Gasteiger partial charge in [-0.25, -0.2) is 0 Å². The topological polar surface area (TPSA) is 87.5 Å². The Kier molecular flexibility index (Phi) is 7.54. The van der Waals surface area contributed by atoms with Crippen LogP contribution in [0.4, 0.5) is 0 Å². The maximum absolute atomic E-state index is 12.8. The number of nitrogens with one attached hydrogen (secondary N) is 2. The van der Waals surface area contributed by atoms with E-state index in [2.05, 4.69) is 10.6 Å². The number of carbonyl (C=O) groups excluding carboxylic acids is 2. The van der Waals surface area contributed by atoms with E-state index in [9.17, 15) is 9.59 Å². The van der Waals surface area contributed by atoms with E-state index in [4.69, 9.17) is 5.73 Å². The fraction of sp³-hybridized carbons (Fsp3) is 0.455. The van der Waals surface area contributed by atoms with Gasteiger partial charge in [-0.3, -0.25) is 14.5 Å². The quantitative estimate of drug-likeness (QED) is 0.387. The van der Waals surface area contributed by atoms with Crippen molar-refractivity contribution in [2.24, 2.45) is 5.73 Å². The molecule has 6 nitrogen and oxygen atoms in total. The molecule has 0 saturated carbocycles. The van der Waals surface area contributed by atoms with Crippen molar-refractivity contribution in [3.63, 3.8) is 0 Å². The number of benzene rings is 2. The number of hydrogen-bond donors (Lipinski definition) is 3. The zero-order chi connectivity index (χ0) is 19.8. The molecule has 3 rings (SSSR count). The van der Waals surface area contributed by atoms with E-state index < -0.39 is 0 Å². The average molecular weight is 383 g/mol. The summed E-state index contributed by atoms with van der Waals surface area (Å²) in [6.07, 6.45) is 4.00. The first-order chi connectivity index (χ1) is 13.7. The highest BCUT2D eigenvalue weighted by atomic mass is 16.2. The first-order valence-corrected chi connectivity index (χ1v) is 10.2. The van der Waals surface area contributed by atoms with Crippen molar-refractivity contribution in [3.05, 3.63) is 47.5 Å². The lowest BCUT2D eigenvalue weighted by molar-refractivity contribution is 0.0609. The summed E-state index contributed by atoms with van der Waals surface area (Å²) in [5, 5.41) is 8.49. The lowest BCUT2D eigenvalue weighted by atomic mass is 9.94. The summed E-state index contributed by atoms with van der Waals surface area (Å²) in [6.45, 7) is 4.92. The minimum atomic E-state index is -0.183. The molecule has 0 atom stereocenters. The minimum absolute atomic E-state index is 0.183. The van der Waals surface area contributed by atoms with Crippen LogP contribution < -0.4 is 16.4 Å². The van der Waals surface area contributed by atoms with Gasteiger partial charge in [-0.2, -0.15) is 0 Å². The smallest absolute Gasteiger partial charge is 0.261 e. The van der Waals surface area contributed by atoms with Crippen molar-refractivity contribution in [3.8, 4) is 0 Å². The Labute approximate surface area is 166 Å². The number of amides is 2. The highest BCUT2D eigenvalue weighted by Gasteiger charge is 2.31. The van der Waals surface area contributed by atoms with Gasteiger partial charge in [-0.15, -0.1) is 0 Å². The SMILES string of the molecule is NCCCNCCCCNCCCN1C(=O)c2cccc3cccc(c23)C1=O. The average Bonchev–Trinajstić information content (AvgIpc) is 2.72. The Hall–Kier alpha value is -2.28. The van der Waals surface area contributed by atoms with Gasteiger partial charge in [-0.05, 0) is 75.9 Å². The van der Waals surface area contributed by atoms with Crippen LogP contribution in [-0.2, 0) is 0 Å². The molecular formula is C22H30N4O2. The third-order valence-corrected chi connectivity index (χ3v) is 5.11. The van der Waals surface area contributed by atoms with Crippen molar-refractivity contribution in [2.75, 3.05) is 39.3 Å². The third kappa shape index (κ3) is 4.76. The molecule has 1 aliphatic heterocycles. The van der Waals surface area contributed by atoms with Gasteiger partial charge in [0.15, 0.2) is 0 Å². The molecule has 2 aromatic rings. The highest BCUT2D eigenvalue weighted by Crippen LogP contribution is 2.29. The van der Waals surface area contributed by atoms with Crippen molar-refractivity contribution in [1.82, 2.24) is 15.5 Å². The maximum Gasteiger partial charge on any atom is 0.261 e. The zero-order valence-corrected chi connectivity index (χ0v) is 16.4. The van der Waals surface area contributed by atoms with Gasteiger partial charge < -0.3 is 16.4 Å². The number of hydrogen-bond acceptors (Lipinski definition) is 5. The molecule has 2 aromatic carbocycles. The van der Waals surface area contributed by atoms with Gasteiger partial charge in [0.05, 0.1) is 0 Å². The summed E-state index contributed by atoms with van der Waals surface area (Å²) in [6, 6.07) is 11.3. The van der Waals surface area contributed by atoms with Gasteiger partial charge in [0.2, 0.25) is 0 Å². The number of unbranched alkanes of at least 4 members (excludes halogenated alkanes) is 1. The Morgan fingerprint density at radius 3 is 1.86 bits per heavy atom. The van der Waals surface area contributed by atoms with Crippen LogP contribution in [0.1, 0.15) is 46.4 Å². The van der Waals surface area contributed by atoms with Crippen LogP contribution >= 0.6 is 0 Å². The van der Waals surface area contributed by atoms with Gasteiger partial charge in [0, 0.05) is 23.1 Å². The van der Waals surface area contributed by atoms with Crippen LogP contribution in [0.25, 0.3) is 10.8 Å². The monoisotopic (exact) mass is 382 g/mol. The predicted octanol–water partition coefficient (Wildman–Crippen LogP) is 2.13. The highest BCUT2D eigenvalue weighted by molar-refractivity contribution is 6.25. The number of nitrogens with two attached hydrogens (primary N) is 1. The van der Waals surface area contributed by atoms with Crippen molar-refractivity contribution in [2.45, 2.75) is 25.7 Å². The van der Waals surface area contributed by atoms with Crippen LogP contribution in [0, 0.1) is 0 Å². The van der Waals surface area contributed by atoms with E-state index in [1.807, 2.05) is 36.4 Å². The fourth-order valence-electron chi connectivity index (χ4n) is 3.62. The summed E-state index contributed by atoms with van der Waals surface area (Å²) in [5.41, 5.74) is 6.71. The van der Waals surface area contributed by atoms with Gasteiger partial charge in [0.1, 0.15) is 0 Å². The molecule has 0 unspecified atom stereocenters. The second kappa shape index (κ2) is 10.3. The van der Waals surface area contributed by atoms with E-state index in [0.29, 0.717) is 17.7 Å². The van der Waals surface area contributed by atoms with Crippen LogP contribution in [0.3, 0.4) is 0 Å². The molecule has 1 aliphatic rings. The molecule has 4 N–H and O–H groups in total. The zero-order valence-electron chi connectivity index (χ0n) is 16.4. The Morgan fingerprint density at radius 1 is 0.750 bits per heavy atom. The Morgan fingerprint density at radius 2 is 1.29 bits per heavy atom. The molecule has 0 radical (unpaired) electrons. The Bertz CT molecular complexity index is 771. The fourth-order valence-corrected chi connectivity index (χ4v) is 3.62. The molecule has 0 saturated heterocycles. The van der Waals surface area contributed by atoms with E-state index in [1.54, 1.807) is 0 Å². The van der Waals surface area contributed by atoms with Crippen LogP contribution in [0.2, 0.25) is 0 Å². The first kappa shape index (κ1) is 20.5. The summed E-state index contributed by atoms with van der Waals surface area (Å²) in [7, 11) is 0. The molecule has 6 heteroatoms. The van der Waals surface area contributed by atoms with Crippen LogP contribution in [0.5, 0.6) is 0 Å². The lowest BCUT2D eigenvalue weighted by Gasteiger charge is -2.27. The molecule has 0 aromatic heterocycles. The lowest BCUT2D eigenvalue weighted by Crippen LogP contribution is -2.41. The van der Waals surface area contributed by atoms with Gasteiger partial charge >= 0.3 is 0 Å². The largest absolute Gasteiger partial charge is 0.330 e. The van der Waals surface area contributed by atoms with E-state index in [0.717, 1.165) is 69.2 Å². The van der Waals surface area contributed by atoms with Crippen LogP contribution in [-0.4, -0.2) is 56.0 Å². The summed E-state index contributed by atoms with van der Waals surface area (Å²) < 4.78 is 0. The number of nitrogens with zero attached hydrogens (tertiary/aromatic N) is 1. The molecule has 0 spiro atoms. The maximum atomic E-state index is 12.8. The summed E-state index contributed by atoms with van der Waals surface area (Å²) >= 11 is 0. The molecule has 0 aliphatic carbocycles. The molecule has 0 fully saturated rings. The van der Waals surface area contributed by atoms with Crippen molar-refractivity contribution in [1.29, 1.82) is 0 Å². The summed E-state index contributed by atoms with van der Waals surface area (Å²) in [4.78, 5) is 27.0. The minimum Gasteiger partial charge on any atom is -0.330 e. The third-order valence-electron chi connectivity index (χ3n) is 5.11. The summed E-state index contributed by atoms with van der Waals surface area (Å²) in [5.74, 6) is -0.365. The standard InChI is InChI=1S/C22H30N4O2/c23-11-5-14-24-12-1-2-13-25-15-6-16-26-21(27)18-9-3-7-17-8-4-10-19(20(17)18)22(26)28/h3-4,7-10,24-25H,1-2,5-6,11-16,23H2. The predicted molar refractivity (Wildman–Crippen MR) is 113 cm³/mol. The second-order valence-corrected chi connectivity index (χ2v) is 7.17. The van der Waals surface area contributed by atoms with E-state index in [1.165, 1.54) is 4.90 Å².